The summed E-state index contributed by atoms with van der Waals surface area (Å²) in [7, 11) is 3.00. The van der Waals surface area contributed by atoms with Gasteiger partial charge in [-0.2, -0.15) is 5.10 Å². The molecule has 1 unspecified atom stereocenters. The summed E-state index contributed by atoms with van der Waals surface area (Å²) in [5.41, 5.74) is 1.90. The van der Waals surface area contributed by atoms with Gasteiger partial charge in [-0.25, -0.2) is 15.1 Å². The molecule has 0 aromatic carbocycles. The first-order valence-corrected chi connectivity index (χ1v) is 5.38. The lowest BCUT2D eigenvalue weighted by molar-refractivity contribution is 0.0867. The van der Waals surface area contributed by atoms with Gasteiger partial charge < -0.3 is 10.4 Å². The Balaban J connectivity index is 2.27. The third-order valence-corrected chi connectivity index (χ3v) is 2.67. The summed E-state index contributed by atoms with van der Waals surface area (Å²) < 4.78 is 0.991. The Bertz CT molecular complexity index is 609. The predicted molar refractivity (Wildman–Crippen MR) is 62.9 cm³/mol. The van der Waals surface area contributed by atoms with Crippen LogP contribution in [0.25, 0.3) is 0 Å². The monoisotopic (exact) mass is 267 g/mol. The van der Waals surface area contributed by atoms with E-state index in [2.05, 4.69) is 26.3 Å². The van der Waals surface area contributed by atoms with Crippen molar-refractivity contribution in [2.45, 2.75) is 13.2 Å². The van der Waals surface area contributed by atoms with E-state index in [9.17, 15) is 14.7 Å². The largest absolute Gasteiger partial charge is 0.505 e. The highest BCUT2D eigenvalue weighted by atomic mass is 16.3. The van der Waals surface area contributed by atoms with Crippen molar-refractivity contribution >= 4 is 5.91 Å². The number of hydrogen-bond acceptors (Lipinski definition) is 8. The second-order valence-electron chi connectivity index (χ2n) is 4.02. The molecular weight excluding hydrogens is 254 g/mol. The van der Waals surface area contributed by atoms with E-state index in [0.29, 0.717) is 0 Å². The van der Waals surface area contributed by atoms with Crippen LogP contribution < -0.4 is 16.3 Å². The Morgan fingerprint density at radius 3 is 2.74 bits per heavy atom. The number of nitrogens with one attached hydrogen (secondary N) is 2. The molecule has 0 aliphatic carbocycles. The van der Waals surface area contributed by atoms with Crippen LogP contribution in [0.15, 0.2) is 15.2 Å². The molecule has 0 spiro atoms. The molecule has 10 nitrogen and oxygen atoms in total. The molecule has 2 rings (SSSR count). The maximum Gasteiger partial charge on any atom is 0.278 e. The SMILES string of the molecule is Cc1c(O)c(C(=O)NC2NN=NN2C)nn(C)c1=O. The van der Waals surface area contributed by atoms with Gasteiger partial charge in [0.05, 0.1) is 5.56 Å². The highest BCUT2D eigenvalue weighted by Gasteiger charge is 2.24. The van der Waals surface area contributed by atoms with E-state index in [0.717, 1.165) is 4.68 Å². The Morgan fingerprint density at radius 2 is 2.16 bits per heavy atom. The summed E-state index contributed by atoms with van der Waals surface area (Å²) in [5, 5.41) is 24.6. The summed E-state index contributed by atoms with van der Waals surface area (Å²) in [4.78, 5) is 23.5. The maximum atomic E-state index is 12.0. The maximum absolute atomic E-state index is 12.0. The fourth-order valence-corrected chi connectivity index (χ4v) is 1.52. The third-order valence-electron chi connectivity index (χ3n) is 2.67. The van der Waals surface area contributed by atoms with E-state index in [4.69, 9.17) is 0 Å². The number of aromatic nitrogens is 2. The van der Waals surface area contributed by atoms with Gasteiger partial charge in [-0.15, -0.1) is 0 Å². The molecule has 0 radical (unpaired) electrons. The van der Waals surface area contributed by atoms with Crippen molar-refractivity contribution in [3.63, 3.8) is 0 Å². The lowest BCUT2D eigenvalue weighted by atomic mass is 10.2. The fraction of sp³-hybridized carbons (Fsp3) is 0.444. The van der Waals surface area contributed by atoms with Crippen LogP contribution in [-0.2, 0) is 7.05 Å². The van der Waals surface area contributed by atoms with Gasteiger partial charge in [0, 0.05) is 14.1 Å². The molecule has 0 bridgehead atoms. The smallest absolute Gasteiger partial charge is 0.278 e. The topological polar surface area (TPSA) is 124 Å². The van der Waals surface area contributed by atoms with Crippen LogP contribution in [0.3, 0.4) is 0 Å². The molecule has 1 amide bonds. The highest BCUT2D eigenvalue weighted by Crippen LogP contribution is 2.16. The van der Waals surface area contributed by atoms with Gasteiger partial charge in [0.15, 0.2) is 11.4 Å². The number of rotatable bonds is 2. The Hall–Kier alpha value is -2.65. The van der Waals surface area contributed by atoms with E-state index in [1.54, 1.807) is 7.05 Å². The van der Waals surface area contributed by atoms with Crippen molar-refractivity contribution < 1.29 is 9.90 Å². The molecule has 1 aromatic rings. The number of aryl methyl sites for hydroxylation is 1. The minimum Gasteiger partial charge on any atom is -0.505 e. The molecule has 102 valence electrons. The molecular formula is C9H13N7O3. The van der Waals surface area contributed by atoms with E-state index in [-0.39, 0.29) is 11.3 Å². The standard InChI is InChI=1S/C9H13N7O3/c1-4-6(17)5(12-15(2)8(4)19)7(18)10-9-11-13-14-16(9)3/h9,17H,1-3H3,(H,10,18)(H,11,14). The first kappa shape index (κ1) is 12.8. The van der Waals surface area contributed by atoms with Gasteiger partial charge in [0.2, 0.25) is 6.29 Å². The zero-order valence-electron chi connectivity index (χ0n) is 10.6. The van der Waals surface area contributed by atoms with Gasteiger partial charge in [-0.05, 0) is 6.92 Å². The Kier molecular flexibility index (Phi) is 3.07. The Morgan fingerprint density at radius 1 is 1.47 bits per heavy atom. The molecule has 1 aliphatic rings. The second-order valence-corrected chi connectivity index (χ2v) is 4.02. The summed E-state index contributed by atoms with van der Waals surface area (Å²) in [5.74, 6) is -1.08. The van der Waals surface area contributed by atoms with Crippen molar-refractivity contribution in [3.05, 3.63) is 21.6 Å². The first-order chi connectivity index (χ1) is 8.91. The second kappa shape index (κ2) is 4.55. The summed E-state index contributed by atoms with van der Waals surface area (Å²) in [6.45, 7) is 1.42. The number of carbonyl (C=O) groups is 1. The van der Waals surface area contributed by atoms with E-state index in [1.165, 1.54) is 19.0 Å². The lowest BCUT2D eigenvalue weighted by Crippen LogP contribution is -2.49. The molecule has 0 fully saturated rings. The van der Waals surface area contributed by atoms with Crippen LogP contribution in [0.1, 0.15) is 16.1 Å². The average molecular weight is 267 g/mol. The molecule has 10 heteroatoms. The molecule has 0 saturated heterocycles. The van der Waals surface area contributed by atoms with Crippen molar-refractivity contribution in [2.24, 2.45) is 17.5 Å². The van der Waals surface area contributed by atoms with Gasteiger partial charge in [-0.1, -0.05) is 10.4 Å². The molecule has 0 saturated carbocycles. The molecule has 19 heavy (non-hydrogen) atoms. The number of aromatic hydroxyl groups is 1. The number of hydrogen-bond donors (Lipinski definition) is 3. The molecule has 3 N–H and O–H groups in total. The zero-order valence-corrected chi connectivity index (χ0v) is 10.6. The lowest BCUT2D eigenvalue weighted by Gasteiger charge is -2.18. The summed E-state index contributed by atoms with van der Waals surface area (Å²) in [6, 6.07) is 0. The van der Waals surface area contributed by atoms with Crippen LogP contribution in [0.4, 0.5) is 0 Å². The van der Waals surface area contributed by atoms with E-state index < -0.39 is 23.5 Å². The third kappa shape index (κ3) is 2.19. The van der Waals surface area contributed by atoms with Crippen LogP contribution in [0, 0.1) is 6.92 Å². The molecule has 1 atom stereocenters. The highest BCUT2D eigenvalue weighted by molar-refractivity contribution is 5.95. The number of nitrogens with zero attached hydrogens (tertiary/aromatic N) is 5. The fourth-order valence-electron chi connectivity index (χ4n) is 1.52. The van der Waals surface area contributed by atoms with E-state index in [1.807, 2.05) is 0 Å². The van der Waals surface area contributed by atoms with Gasteiger partial charge in [0.25, 0.3) is 11.5 Å². The molecule has 1 aliphatic heterocycles. The van der Waals surface area contributed by atoms with Crippen LogP contribution in [-0.4, -0.2) is 39.1 Å². The van der Waals surface area contributed by atoms with Gasteiger partial charge in [-0.3, -0.25) is 9.59 Å². The first-order valence-electron chi connectivity index (χ1n) is 5.38. The minimum atomic E-state index is -0.646. The number of amides is 1. The van der Waals surface area contributed by atoms with Gasteiger partial charge in [0.1, 0.15) is 0 Å². The minimum absolute atomic E-state index is 0.0600. The summed E-state index contributed by atoms with van der Waals surface area (Å²) >= 11 is 0. The number of carbonyl (C=O) groups excluding carboxylic acids is 1. The van der Waals surface area contributed by atoms with Crippen LogP contribution in [0.5, 0.6) is 5.75 Å². The molecule has 1 aromatic heterocycles. The van der Waals surface area contributed by atoms with E-state index >= 15 is 0 Å². The van der Waals surface area contributed by atoms with Crippen LogP contribution in [0.2, 0.25) is 0 Å². The average Bonchev–Trinajstić information content (AvgIpc) is 2.77. The van der Waals surface area contributed by atoms with Crippen molar-refractivity contribution in [1.82, 2.24) is 25.5 Å². The van der Waals surface area contributed by atoms with Crippen molar-refractivity contribution in [3.8, 4) is 5.75 Å². The Labute approximate surface area is 107 Å². The summed E-state index contributed by atoms with van der Waals surface area (Å²) in [6.07, 6.45) is -0.633. The normalized spacial score (nSPS) is 17.4. The van der Waals surface area contributed by atoms with Gasteiger partial charge >= 0.3 is 0 Å². The predicted octanol–water partition coefficient (Wildman–Crippen LogP) is -1.38. The quantitative estimate of drug-likeness (QED) is 0.607. The van der Waals surface area contributed by atoms with Crippen LogP contribution >= 0.6 is 0 Å². The van der Waals surface area contributed by atoms with Crippen molar-refractivity contribution in [2.75, 3.05) is 7.05 Å². The molecule has 2 heterocycles. The zero-order chi connectivity index (χ0) is 14.2. The van der Waals surface area contributed by atoms with Crippen molar-refractivity contribution in [1.29, 1.82) is 0 Å².